The molecule has 0 spiro atoms. The van der Waals surface area contributed by atoms with Gasteiger partial charge in [0.1, 0.15) is 0 Å². The third-order valence-electron chi connectivity index (χ3n) is 1.95. The van der Waals surface area contributed by atoms with Crippen LogP contribution in [0, 0.1) is 5.92 Å². The molecule has 2 atom stereocenters. The first kappa shape index (κ1) is 7.03. The number of aliphatic hydroxyl groups excluding tert-OH is 1. The highest BCUT2D eigenvalue weighted by Gasteiger charge is 2.26. The van der Waals surface area contributed by atoms with E-state index >= 15 is 0 Å². The molecule has 1 aliphatic heterocycles. The largest absolute Gasteiger partial charge is 0.391 e. The minimum Gasteiger partial charge on any atom is -0.391 e. The van der Waals surface area contributed by atoms with Crippen molar-refractivity contribution in [3.05, 3.63) is 0 Å². The summed E-state index contributed by atoms with van der Waals surface area (Å²) in [5.41, 5.74) is 0. The molecule has 1 rings (SSSR count). The Hall–Kier alpha value is -0.0800. The summed E-state index contributed by atoms with van der Waals surface area (Å²) in [5, 5.41) is 12.6. The van der Waals surface area contributed by atoms with E-state index in [2.05, 4.69) is 19.2 Å². The molecule has 2 nitrogen and oxygen atoms in total. The summed E-state index contributed by atoms with van der Waals surface area (Å²) >= 11 is 0. The van der Waals surface area contributed by atoms with Crippen LogP contribution in [0.5, 0.6) is 0 Å². The van der Waals surface area contributed by atoms with Crippen LogP contribution < -0.4 is 5.32 Å². The lowest BCUT2D eigenvalue weighted by atomic mass is 10.0. The van der Waals surface area contributed by atoms with Gasteiger partial charge in [-0.15, -0.1) is 0 Å². The molecule has 0 bridgehead atoms. The normalized spacial score (nSPS) is 36.0. The van der Waals surface area contributed by atoms with Gasteiger partial charge < -0.3 is 10.4 Å². The van der Waals surface area contributed by atoms with E-state index in [9.17, 15) is 5.11 Å². The van der Waals surface area contributed by atoms with Gasteiger partial charge in [0.15, 0.2) is 0 Å². The molecular weight excluding hydrogens is 114 g/mol. The van der Waals surface area contributed by atoms with Gasteiger partial charge in [-0.3, -0.25) is 0 Å². The lowest BCUT2D eigenvalue weighted by Gasteiger charge is -2.17. The maximum absolute atomic E-state index is 9.30. The first-order chi connectivity index (χ1) is 4.22. The molecule has 9 heavy (non-hydrogen) atoms. The van der Waals surface area contributed by atoms with Crippen LogP contribution in [0.25, 0.3) is 0 Å². The lowest BCUT2D eigenvalue weighted by molar-refractivity contribution is 0.139. The predicted molar refractivity (Wildman–Crippen MR) is 37.3 cm³/mol. The van der Waals surface area contributed by atoms with Crippen LogP contribution >= 0.6 is 0 Å². The van der Waals surface area contributed by atoms with Crippen molar-refractivity contribution in [2.24, 2.45) is 5.92 Å². The summed E-state index contributed by atoms with van der Waals surface area (Å²) in [6, 6.07) is 0.338. The molecule has 0 saturated carbocycles. The zero-order valence-corrected chi connectivity index (χ0v) is 6.09. The summed E-state index contributed by atoms with van der Waals surface area (Å²) in [4.78, 5) is 0. The van der Waals surface area contributed by atoms with E-state index in [4.69, 9.17) is 0 Å². The van der Waals surface area contributed by atoms with Gasteiger partial charge >= 0.3 is 0 Å². The smallest absolute Gasteiger partial charge is 0.0707 e. The second kappa shape index (κ2) is 2.67. The molecule has 1 fully saturated rings. The minimum atomic E-state index is -0.106. The molecule has 0 aromatic rings. The van der Waals surface area contributed by atoms with Crippen molar-refractivity contribution in [1.29, 1.82) is 0 Å². The van der Waals surface area contributed by atoms with Crippen LogP contribution in [0.15, 0.2) is 0 Å². The molecule has 1 saturated heterocycles. The van der Waals surface area contributed by atoms with Crippen molar-refractivity contribution in [2.45, 2.75) is 32.4 Å². The van der Waals surface area contributed by atoms with Crippen molar-refractivity contribution >= 4 is 0 Å². The van der Waals surface area contributed by atoms with Crippen LogP contribution in [0.1, 0.15) is 20.3 Å². The fourth-order valence-electron chi connectivity index (χ4n) is 1.39. The van der Waals surface area contributed by atoms with Gasteiger partial charge in [-0.1, -0.05) is 13.8 Å². The van der Waals surface area contributed by atoms with Crippen molar-refractivity contribution in [2.75, 3.05) is 6.54 Å². The molecule has 2 unspecified atom stereocenters. The van der Waals surface area contributed by atoms with Crippen LogP contribution in [-0.2, 0) is 0 Å². The van der Waals surface area contributed by atoms with E-state index < -0.39 is 0 Å². The average molecular weight is 129 g/mol. The van der Waals surface area contributed by atoms with E-state index in [1.807, 2.05) is 0 Å². The fraction of sp³-hybridized carbons (Fsp3) is 1.00. The van der Waals surface area contributed by atoms with Gasteiger partial charge in [0.25, 0.3) is 0 Å². The average Bonchev–Trinajstić information content (AvgIpc) is 2.13. The SMILES string of the molecule is CC(C)C1NCCC1O. The fourth-order valence-corrected chi connectivity index (χ4v) is 1.39. The number of hydrogen-bond donors (Lipinski definition) is 2. The van der Waals surface area contributed by atoms with Crippen LogP contribution in [0.4, 0.5) is 0 Å². The predicted octanol–water partition coefficient (Wildman–Crippen LogP) is 0.365. The molecule has 54 valence electrons. The molecule has 0 aromatic carbocycles. The lowest BCUT2D eigenvalue weighted by Crippen LogP contribution is -2.35. The first-order valence-electron chi connectivity index (χ1n) is 3.63. The molecule has 2 heteroatoms. The standard InChI is InChI=1S/C7H15NO/c1-5(2)7-6(9)3-4-8-7/h5-9H,3-4H2,1-2H3. The van der Waals surface area contributed by atoms with Gasteiger partial charge in [0.2, 0.25) is 0 Å². The number of hydrogen-bond acceptors (Lipinski definition) is 2. The van der Waals surface area contributed by atoms with E-state index in [1.54, 1.807) is 0 Å². The molecule has 2 N–H and O–H groups in total. The summed E-state index contributed by atoms with van der Waals surface area (Å²) in [5.74, 6) is 0.558. The molecule has 0 aliphatic carbocycles. The van der Waals surface area contributed by atoms with Crippen LogP contribution in [-0.4, -0.2) is 23.8 Å². The second-order valence-corrected chi connectivity index (χ2v) is 3.08. The Morgan fingerprint density at radius 1 is 1.56 bits per heavy atom. The zero-order valence-electron chi connectivity index (χ0n) is 6.09. The second-order valence-electron chi connectivity index (χ2n) is 3.08. The Balaban J connectivity index is 2.40. The van der Waals surface area contributed by atoms with Crippen molar-refractivity contribution in [3.63, 3.8) is 0 Å². The highest BCUT2D eigenvalue weighted by atomic mass is 16.3. The Labute approximate surface area is 56.3 Å². The van der Waals surface area contributed by atoms with E-state index in [0.29, 0.717) is 12.0 Å². The molecule has 1 heterocycles. The Bertz CT molecular complexity index is 92.9. The number of nitrogens with one attached hydrogen (secondary N) is 1. The third kappa shape index (κ3) is 1.43. The van der Waals surface area contributed by atoms with E-state index in [0.717, 1.165) is 13.0 Å². The first-order valence-corrected chi connectivity index (χ1v) is 3.63. The van der Waals surface area contributed by atoms with E-state index in [1.165, 1.54) is 0 Å². The maximum Gasteiger partial charge on any atom is 0.0707 e. The molecule has 0 aromatic heterocycles. The monoisotopic (exact) mass is 129 g/mol. The van der Waals surface area contributed by atoms with Crippen molar-refractivity contribution in [3.8, 4) is 0 Å². The Morgan fingerprint density at radius 2 is 2.22 bits per heavy atom. The zero-order chi connectivity index (χ0) is 6.85. The van der Waals surface area contributed by atoms with Gasteiger partial charge in [0, 0.05) is 6.04 Å². The van der Waals surface area contributed by atoms with Gasteiger partial charge in [-0.05, 0) is 18.9 Å². The van der Waals surface area contributed by atoms with E-state index in [-0.39, 0.29) is 6.10 Å². The summed E-state index contributed by atoms with van der Waals surface area (Å²) in [6.45, 7) is 5.24. The summed E-state index contributed by atoms with van der Waals surface area (Å²) < 4.78 is 0. The third-order valence-corrected chi connectivity index (χ3v) is 1.95. The van der Waals surface area contributed by atoms with Crippen molar-refractivity contribution < 1.29 is 5.11 Å². The molecule has 0 radical (unpaired) electrons. The Morgan fingerprint density at radius 3 is 2.44 bits per heavy atom. The minimum absolute atomic E-state index is 0.106. The maximum atomic E-state index is 9.30. The summed E-state index contributed by atoms with van der Waals surface area (Å²) in [6.07, 6.45) is 0.813. The molecular formula is C7H15NO. The number of rotatable bonds is 1. The van der Waals surface area contributed by atoms with Crippen molar-refractivity contribution in [1.82, 2.24) is 5.32 Å². The quantitative estimate of drug-likeness (QED) is 0.536. The summed E-state index contributed by atoms with van der Waals surface area (Å²) in [7, 11) is 0. The highest BCUT2D eigenvalue weighted by Crippen LogP contribution is 2.13. The van der Waals surface area contributed by atoms with Gasteiger partial charge in [-0.2, -0.15) is 0 Å². The number of aliphatic hydroxyl groups is 1. The highest BCUT2D eigenvalue weighted by molar-refractivity contribution is 4.84. The molecule has 0 amide bonds. The topological polar surface area (TPSA) is 32.3 Å². The van der Waals surface area contributed by atoms with Crippen LogP contribution in [0.3, 0.4) is 0 Å². The van der Waals surface area contributed by atoms with Gasteiger partial charge in [0.05, 0.1) is 6.10 Å². The Kier molecular flexibility index (Phi) is 2.09. The van der Waals surface area contributed by atoms with Gasteiger partial charge in [-0.25, -0.2) is 0 Å². The molecule has 1 aliphatic rings. The van der Waals surface area contributed by atoms with Crippen LogP contribution in [0.2, 0.25) is 0 Å².